The summed E-state index contributed by atoms with van der Waals surface area (Å²) in [5.74, 6) is -0.943. The summed E-state index contributed by atoms with van der Waals surface area (Å²) in [6.45, 7) is 0. The Balaban J connectivity index is 2.42. The van der Waals surface area contributed by atoms with E-state index in [1.54, 1.807) is 0 Å². The molecule has 2 atom stereocenters. The van der Waals surface area contributed by atoms with Crippen molar-refractivity contribution in [2.24, 2.45) is 11.7 Å². The molecule has 1 aliphatic rings. The van der Waals surface area contributed by atoms with E-state index in [4.69, 9.17) is 10.8 Å². The smallest absolute Gasteiger partial charge is 0.320 e. The Morgan fingerprint density at radius 3 is 2.85 bits per heavy atom. The van der Waals surface area contributed by atoms with Crippen molar-refractivity contribution in [2.45, 2.75) is 38.1 Å². The van der Waals surface area contributed by atoms with Crippen molar-refractivity contribution < 1.29 is 14.7 Å². The molecule has 0 aliphatic heterocycles. The normalized spacial score (nSPS) is 25.6. The fourth-order valence-electron chi connectivity index (χ4n) is 1.71. The van der Waals surface area contributed by atoms with Crippen LogP contribution in [0.3, 0.4) is 0 Å². The highest BCUT2D eigenvalue weighted by Gasteiger charge is 2.26. The molecule has 0 aromatic heterocycles. The molecular formula is C9H15NO3. The van der Waals surface area contributed by atoms with Crippen LogP contribution in [-0.2, 0) is 9.59 Å². The van der Waals surface area contributed by atoms with Gasteiger partial charge in [0.1, 0.15) is 11.8 Å². The molecule has 4 nitrogen and oxygen atoms in total. The summed E-state index contributed by atoms with van der Waals surface area (Å²) in [6, 6.07) is -0.882. The van der Waals surface area contributed by atoms with Crippen molar-refractivity contribution in [3.63, 3.8) is 0 Å². The highest BCUT2D eigenvalue weighted by atomic mass is 16.4. The van der Waals surface area contributed by atoms with Crippen LogP contribution in [0.15, 0.2) is 0 Å². The third-order valence-corrected chi connectivity index (χ3v) is 2.54. The van der Waals surface area contributed by atoms with E-state index in [9.17, 15) is 9.59 Å². The number of aliphatic carboxylic acids is 1. The lowest BCUT2D eigenvalue weighted by atomic mass is 9.84. The average molecular weight is 185 g/mol. The molecule has 0 aromatic rings. The molecular weight excluding hydrogens is 170 g/mol. The summed E-state index contributed by atoms with van der Waals surface area (Å²) in [7, 11) is 0. The van der Waals surface area contributed by atoms with Gasteiger partial charge in [0.25, 0.3) is 0 Å². The van der Waals surface area contributed by atoms with Crippen molar-refractivity contribution in [1.82, 2.24) is 0 Å². The molecule has 0 bridgehead atoms. The summed E-state index contributed by atoms with van der Waals surface area (Å²) in [5.41, 5.74) is 5.36. The summed E-state index contributed by atoms with van der Waals surface area (Å²) in [6.07, 6.45) is 3.66. The van der Waals surface area contributed by atoms with Gasteiger partial charge in [-0.3, -0.25) is 9.59 Å². The van der Waals surface area contributed by atoms with Gasteiger partial charge in [-0.2, -0.15) is 0 Å². The maximum absolute atomic E-state index is 11.3. The number of carbonyl (C=O) groups excluding carboxylic acids is 1. The molecule has 13 heavy (non-hydrogen) atoms. The first kappa shape index (κ1) is 10.2. The highest BCUT2D eigenvalue weighted by Crippen LogP contribution is 2.24. The minimum Gasteiger partial charge on any atom is -0.480 e. The average Bonchev–Trinajstić information content (AvgIpc) is 2.08. The first-order chi connectivity index (χ1) is 6.11. The van der Waals surface area contributed by atoms with Crippen molar-refractivity contribution in [3.05, 3.63) is 0 Å². The zero-order valence-corrected chi connectivity index (χ0v) is 7.53. The Bertz CT molecular complexity index is 215. The second-order valence-electron chi connectivity index (χ2n) is 3.59. The number of ketones is 1. The van der Waals surface area contributed by atoms with E-state index >= 15 is 0 Å². The van der Waals surface area contributed by atoms with Gasteiger partial charge in [0.15, 0.2) is 0 Å². The van der Waals surface area contributed by atoms with Crippen LogP contribution in [0.25, 0.3) is 0 Å². The molecule has 0 radical (unpaired) electrons. The van der Waals surface area contributed by atoms with E-state index in [-0.39, 0.29) is 11.7 Å². The van der Waals surface area contributed by atoms with Gasteiger partial charge in [-0.15, -0.1) is 0 Å². The van der Waals surface area contributed by atoms with E-state index in [0.29, 0.717) is 12.8 Å². The number of carboxylic acid groups (broad SMARTS) is 1. The van der Waals surface area contributed by atoms with E-state index < -0.39 is 12.0 Å². The Labute approximate surface area is 77.1 Å². The molecule has 74 valence electrons. The molecule has 1 aliphatic carbocycles. The van der Waals surface area contributed by atoms with Crippen LogP contribution >= 0.6 is 0 Å². The van der Waals surface area contributed by atoms with Crippen molar-refractivity contribution >= 4 is 11.8 Å². The number of rotatable bonds is 3. The zero-order valence-electron chi connectivity index (χ0n) is 7.53. The van der Waals surface area contributed by atoms with E-state index in [1.165, 1.54) is 0 Å². The maximum Gasteiger partial charge on any atom is 0.320 e. The quantitative estimate of drug-likeness (QED) is 0.672. The highest BCUT2D eigenvalue weighted by molar-refractivity contribution is 5.82. The van der Waals surface area contributed by atoms with E-state index in [1.807, 2.05) is 0 Å². The fourth-order valence-corrected chi connectivity index (χ4v) is 1.71. The minimum atomic E-state index is -1.02. The topological polar surface area (TPSA) is 80.4 Å². The molecule has 0 amide bonds. The maximum atomic E-state index is 11.3. The van der Waals surface area contributed by atoms with Crippen LogP contribution in [0.2, 0.25) is 0 Å². The molecule has 0 spiro atoms. The van der Waals surface area contributed by atoms with Crippen molar-refractivity contribution in [3.8, 4) is 0 Å². The lowest BCUT2D eigenvalue weighted by Crippen LogP contribution is -2.35. The van der Waals surface area contributed by atoms with Crippen LogP contribution in [0.1, 0.15) is 32.1 Å². The lowest BCUT2D eigenvalue weighted by Gasteiger charge is -2.21. The number of carbonyl (C=O) groups is 2. The first-order valence-electron chi connectivity index (χ1n) is 4.62. The number of hydrogen-bond donors (Lipinski definition) is 2. The van der Waals surface area contributed by atoms with Gasteiger partial charge in [-0.1, -0.05) is 6.42 Å². The summed E-state index contributed by atoms with van der Waals surface area (Å²) in [4.78, 5) is 21.7. The van der Waals surface area contributed by atoms with Crippen molar-refractivity contribution in [2.75, 3.05) is 0 Å². The van der Waals surface area contributed by atoms with Crippen LogP contribution < -0.4 is 5.73 Å². The predicted molar refractivity (Wildman–Crippen MR) is 47.2 cm³/mol. The summed E-state index contributed by atoms with van der Waals surface area (Å²) >= 11 is 0. The molecule has 0 aromatic carbocycles. The van der Waals surface area contributed by atoms with Gasteiger partial charge in [0.05, 0.1) is 0 Å². The number of nitrogens with two attached hydrogens (primary N) is 1. The van der Waals surface area contributed by atoms with Crippen LogP contribution in [-0.4, -0.2) is 22.9 Å². The number of hydrogen-bond acceptors (Lipinski definition) is 3. The molecule has 0 saturated heterocycles. The molecule has 1 saturated carbocycles. The van der Waals surface area contributed by atoms with Gasteiger partial charge in [0, 0.05) is 12.3 Å². The SMILES string of the molecule is N[C@@H](CC1CCCCC1=O)C(=O)O. The first-order valence-corrected chi connectivity index (χ1v) is 4.62. The monoisotopic (exact) mass is 185 g/mol. The van der Waals surface area contributed by atoms with Crippen molar-refractivity contribution in [1.29, 1.82) is 0 Å². The third-order valence-electron chi connectivity index (χ3n) is 2.54. The summed E-state index contributed by atoms with van der Waals surface area (Å²) < 4.78 is 0. The van der Waals surface area contributed by atoms with E-state index in [0.717, 1.165) is 19.3 Å². The molecule has 1 rings (SSSR count). The number of carboxylic acids is 1. The Hall–Kier alpha value is -0.900. The van der Waals surface area contributed by atoms with Gasteiger partial charge < -0.3 is 10.8 Å². The fraction of sp³-hybridized carbons (Fsp3) is 0.778. The van der Waals surface area contributed by atoms with Crippen LogP contribution in [0.5, 0.6) is 0 Å². The second-order valence-corrected chi connectivity index (χ2v) is 3.59. The Morgan fingerprint density at radius 1 is 1.62 bits per heavy atom. The van der Waals surface area contributed by atoms with Crippen LogP contribution in [0, 0.1) is 5.92 Å². The Morgan fingerprint density at radius 2 is 2.31 bits per heavy atom. The molecule has 4 heteroatoms. The second kappa shape index (κ2) is 4.37. The molecule has 3 N–H and O–H groups in total. The van der Waals surface area contributed by atoms with Gasteiger partial charge in [0.2, 0.25) is 0 Å². The summed E-state index contributed by atoms with van der Waals surface area (Å²) in [5, 5.41) is 8.56. The van der Waals surface area contributed by atoms with E-state index in [2.05, 4.69) is 0 Å². The zero-order chi connectivity index (χ0) is 9.84. The molecule has 1 fully saturated rings. The van der Waals surface area contributed by atoms with Gasteiger partial charge >= 0.3 is 5.97 Å². The molecule has 1 unspecified atom stereocenters. The minimum absolute atomic E-state index is 0.111. The van der Waals surface area contributed by atoms with Crippen LogP contribution in [0.4, 0.5) is 0 Å². The third kappa shape index (κ3) is 2.81. The predicted octanol–water partition coefficient (Wildman–Crippen LogP) is 0.548. The van der Waals surface area contributed by atoms with Gasteiger partial charge in [-0.05, 0) is 19.3 Å². The number of Topliss-reactive ketones (excluding diaryl/α,β-unsaturated/α-hetero) is 1. The Kier molecular flexibility index (Phi) is 3.42. The largest absolute Gasteiger partial charge is 0.480 e. The lowest BCUT2D eigenvalue weighted by molar-refractivity contribution is -0.139. The van der Waals surface area contributed by atoms with Gasteiger partial charge in [-0.25, -0.2) is 0 Å². The molecule has 0 heterocycles. The standard InChI is InChI=1S/C9H15NO3/c10-7(9(12)13)5-6-3-1-2-4-8(6)11/h6-7H,1-5,10H2,(H,12,13)/t6?,7-/m0/s1.